The number of rotatable bonds is 3. The number of benzene rings is 1. The van der Waals surface area contributed by atoms with Crippen molar-refractivity contribution in [2.24, 2.45) is 0 Å². The minimum atomic E-state index is -0.389. The second-order valence-electron chi connectivity index (χ2n) is 4.69. The Bertz CT molecular complexity index is 474. The first-order valence-corrected chi connectivity index (χ1v) is 6.32. The summed E-state index contributed by atoms with van der Waals surface area (Å²) in [6, 6.07) is 3.13. The molecule has 0 aromatic heterocycles. The number of nitrogens with zero attached hydrogens (tertiary/aromatic N) is 1. The molecular formula is C13H16ClFN2O. The van der Waals surface area contributed by atoms with Gasteiger partial charge in [0.25, 0.3) is 0 Å². The maximum absolute atomic E-state index is 13.6. The Balaban J connectivity index is 1.97. The summed E-state index contributed by atoms with van der Waals surface area (Å²) in [4.78, 5) is 13.4. The fraction of sp³-hybridized carbons (Fsp3) is 0.462. The van der Waals surface area contributed by atoms with Gasteiger partial charge < -0.3 is 10.2 Å². The molecule has 1 aromatic carbocycles. The third-order valence-electron chi connectivity index (χ3n) is 3.17. The van der Waals surface area contributed by atoms with Crippen molar-refractivity contribution < 1.29 is 9.18 Å². The lowest BCUT2D eigenvalue weighted by Crippen LogP contribution is -2.38. The monoisotopic (exact) mass is 270 g/mol. The zero-order valence-corrected chi connectivity index (χ0v) is 11.2. The molecule has 0 spiro atoms. The van der Waals surface area contributed by atoms with Gasteiger partial charge in [0.15, 0.2) is 0 Å². The van der Waals surface area contributed by atoms with Gasteiger partial charge in [-0.25, -0.2) is 9.18 Å². The summed E-state index contributed by atoms with van der Waals surface area (Å²) in [5.41, 5.74) is 1.26. The first-order valence-electron chi connectivity index (χ1n) is 5.94. The standard InChI is InChI=1S/C13H16ClFN2O/c1-8-5-9(12(15)6-11(8)14)7-16-13(18)17(2)10-3-4-10/h5-6,10H,3-4,7H2,1-2H3,(H,16,18). The smallest absolute Gasteiger partial charge is 0.317 e. The zero-order chi connectivity index (χ0) is 13.3. The first kappa shape index (κ1) is 13.1. The van der Waals surface area contributed by atoms with Crippen LogP contribution in [0.25, 0.3) is 0 Å². The molecule has 0 unspecified atom stereocenters. The van der Waals surface area contributed by atoms with E-state index in [2.05, 4.69) is 5.32 Å². The third-order valence-corrected chi connectivity index (χ3v) is 3.58. The number of halogens is 2. The lowest BCUT2D eigenvalue weighted by Gasteiger charge is -2.17. The van der Waals surface area contributed by atoms with Gasteiger partial charge in [0.2, 0.25) is 0 Å². The van der Waals surface area contributed by atoms with Gasteiger partial charge in [-0.2, -0.15) is 0 Å². The minimum Gasteiger partial charge on any atom is -0.334 e. The summed E-state index contributed by atoms with van der Waals surface area (Å²) in [6.45, 7) is 1.99. The van der Waals surface area contributed by atoms with Crippen LogP contribution in [0.3, 0.4) is 0 Å². The van der Waals surface area contributed by atoms with Gasteiger partial charge in [-0.15, -0.1) is 0 Å². The van der Waals surface area contributed by atoms with E-state index in [1.807, 2.05) is 6.92 Å². The molecule has 0 saturated heterocycles. The molecule has 0 radical (unpaired) electrons. The Labute approximate surface area is 111 Å². The number of amides is 2. The van der Waals surface area contributed by atoms with E-state index in [9.17, 15) is 9.18 Å². The normalized spacial score (nSPS) is 14.4. The van der Waals surface area contributed by atoms with Crippen LogP contribution < -0.4 is 5.32 Å². The van der Waals surface area contributed by atoms with Gasteiger partial charge in [0, 0.05) is 30.2 Å². The number of carbonyl (C=O) groups is 1. The summed E-state index contributed by atoms with van der Waals surface area (Å²) in [7, 11) is 1.76. The second kappa shape index (κ2) is 5.14. The lowest BCUT2D eigenvalue weighted by molar-refractivity contribution is 0.206. The highest BCUT2D eigenvalue weighted by atomic mass is 35.5. The summed E-state index contributed by atoms with van der Waals surface area (Å²) in [6.07, 6.45) is 2.11. The predicted octanol–water partition coefficient (Wildman–Crippen LogP) is 3.09. The molecule has 0 atom stereocenters. The van der Waals surface area contributed by atoms with E-state index >= 15 is 0 Å². The van der Waals surface area contributed by atoms with Crippen molar-refractivity contribution in [3.05, 3.63) is 34.1 Å². The Morgan fingerprint density at radius 1 is 1.56 bits per heavy atom. The molecule has 1 aromatic rings. The van der Waals surface area contributed by atoms with E-state index in [0.717, 1.165) is 18.4 Å². The van der Waals surface area contributed by atoms with Gasteiger partial charge in [0.1, 0.15) is 5.82 Å². The number of nitrogens with one attached hydrogen (secondary N) is 1. The van der Waals surface area contributed by atoms with E-state index in [1.54, 1.807) is 18.0 Å². The molecule has 0 heterocycles. The van der Waals surface area contributed by atoms with Crippen molar-refractivity contribution in [1.29, 1.82) is 0 Å². The Hall–Kier alpha value is -1.29. The number of urea groups is 1. The molecule has 3 nitrogen and oxygen atoms in total. The largest absolute Gasteiger partial charge is 0.334 e. The summed E-state index contributed by atoms with van der Waals surface area (Å²) in [5.74, 6) is -0.389. The van der Waals surface area contributed by atoms with Gasteiger partial charge in [-0.3, -0.25) is 0 Å². The molecule has 0 bridgehead atoms. The Morgan fingerprint density at radius 3 is 2.83 bits per heavy atom. The van der Waals surface area contributed by atoms with Crippen LogP contribution in [0.5, 0.6) is 0 Å². The topological polar surface area (TPSA) is 32.3 Å². The highest BCUT2D eigenvalue weighted by Crippen LogP contribution is 2.25. The average Bonchev–Trinajstić information content (AvgIpc) is 3.14. The van der Waals surface area contributed by atoms with E-state index in [-0.39, 0.29) is 18.4 Å². The molecule has 18 heavy (non-hydrogen) atoms. The highest BCUT2D eigenvalue weighted by Gasteiger charge is 2.29. The minimum absolute atomic E-state index is 0.162. The van der Waals surface area contributed by atoms with E-state index in [4.69, 9.17) is 11.6 Å². The van der Waals surface area contributed by atoms with Crippen LogP contribution in [0, 0.1) is 12.7 Å². The quantitative estimate of drug-likeness (QED) is 0.899. The lowest BCUT2D eigenvalue weighted by atomic mass is 10.1. The maximum atomic E-state index is 13.6. The van der Waals surface area contributed by atoms with Gasteiger partial charge in [-0.1, -0.05) is 11.6 Å². The molecule has 5 heteroatoms. The molecule has 1 fully saturated rings. The summed E-state index contributed by atoms with van der Waals surface area (Å²) in [5, 5.41) is 3.11. The Morgan fingerprint density at radius 2 is 2.22 bits per heavy atom. The summed E-state index contributed by atoms with van der Waals surface area (Å²) < 4.78 is 13.6. The number of hydrogen-bond donors (Lipinski definition) is 1. The van der Waals surface area contributed by atoms with Gasteiger partial charge in [-0.05, 0) is 37.5 Å². The number of carbonyl (C=O) groups excluding carboxylic acids is 1. The van der Waals surface area contributed by atoms with E-state index in [0.29, 0.717) is 16.6 Å². The van der Waals surface area contributed by atoms with Crippen molar-refractivity contribution >= 4 is 17.6 Å². The molecule has 1 N–H and O–H groups in total. The van der Waals surface area contributed by atoms with Crippen LogP contribution in [-0.4, -0.2) is 24.0 Å². The molecular weight excluding hydrogens is 255 g/mol. The van der Waals surface area contributed by atoms with E-state index in [1.165, 1.54) is 6.07 Å². The third kappa shape index (κ3) is 2.93. The second-order valence-corrected chi connectivity index (χ2v) is 5.10. The van der Waals surface area contributed by atoms with Crippen molar-refractivity contribution in [3.63, 3.8) is 0 Å². The fourth-order valence-electron chi connectivity index (χ4n) is 1.78. The van der Waals surface area contributed by atoms with Crippen molar-refractivity contribution in [2.75, 3.05) is 7.05 Å². The SMILES string of the molecule is Cc1cc(CNC(=O)N(C)C2CC2)c(F)cc1Cl. The van der Waals surface area contributed by atoms with Gasteiger partial charge in [0.05, 0.1) is 0 Å². The summed E-state index contributed by atoms with van der Waals surface area (Å²) >= 11 is 5.81. The van der Waals surface area contributed by atoms with Crippen LogP contribution in [0.15, 0.2) is 12.1 Å². The average molecular weight is 271 g/mol. The molecule has 1 saturated carbocycles. The van der Waals surface area contributed by atoms with Crippen LogP contribution in [0.4, 0.5) is 9.18 Å². The number of hydrogen-bond acceptors (Lipinski definition) is 1. The van der Waals surface area contributed by atoms with Crippen molar-refractivity contribution in [1.82, 2.24) is 10.2 Å². The zero-order valence-electron chi connectivity index (χ0n) is 10.5. The van der Waals surface area contributed by atoms with Crippen LogP contribution in [0.1, 0.15) is 24.0 Å². The van der Waals surface area contributed by atoms with Crippen LogP contribution in [0.2, 0.25) is 5.02 Å². The fourth-order valence-corrected chi connectivity index (χ4v) is 1.93. The highest BCUT2D eigenvalue weighted by molar-refractivity contribution is 6.31. The Kier molecular flexibility index (Phi) is 3.76. The van der Waals surface area contributed by atoms with Crippen molar-refractivity contribution in [3.8, 4) is 0 Å². The van der Waals surface area contributed by atoms with Crippen LogP contribution in [-0.2, 0) is 6.54 Å². The van der Waals surface area contributed by atoms with Gasteiger partial charge >= 0.3 is 6.03 Å². The van der Waals surface area contributed by atoms with Crippen molar-refractivity contribution in [2.45, 2.75) is 32.4 Å². The molecule has 1 aliphatic rings. The molecule has 0 aliphatic heterocycles. The number of aryl methyl sites for hydroxylation is 1. The molecule has 98 valence electrons. The first-order chi connectivity index (χ1) is 8.49. The predicted molar refractivity (Wildman–Crippen MR) is 69.2 cm³/mol. The molecule has 1 aliphatic carbocycles. The molecule has 2 amide bonds. The molecule has 2 rings (SSSR count). The van der Waals surface area contributed by atoms with Crippen LogP contribution >= 0.6 is 11.6 Å². The van der Waals surface area contributed by atoms with E-state index < -0.39 is 0 Å². The maximum Gasteiger partial charge on any atom is 0.317 e.